The molecular formula is C16H11Cl2NO2. The minimum Gasteiger partial charge on any atom is -0.495 e. The Labute approximate surface area is 131 Å². The van der Waals surface area contributed by atoms with Gasteiger partial charge in [0.1, 0.15) is 5.75 Å². The van der Waals surface area contributed by atoms with Crippen LogP contribution in [0.4, 0.5) is 0 Å². The summed E-state index contributed by atoms with van der Waals surface area (Å²) >= 11 is 12.4. The van der Waals surface area contributed by atoms with E-state index in [1.807, 2.05) is 24.3 Å². The van der Waals surface area contributed by atoms with Crippen molar-refractivity contribution in [1.29, 1.82) is 0 Å². The Morgan fingerprint density at radius 2 is 1.95 bits per heavy atom. The SMILES string of the molecule is COc1ccc(-c2cccc(Cl)c2Cl)c2c(C=O)c[nH]c12. The summed E-state index contributed by atoms with van der Waals surface area (Å²) in [7, 11) is 1.59. The van der Waals surface area contributed by atoms with Crippen LogP contribution in [0.25, 0.3) is 22.0 Å². The molecule has 0 atom stereocenters. The van der Waals surface area contributed by atoms with Crippen molar-refractivity contribution in [2.75, 3.05) is 7.11 Å². The lowest BCUT2D eigenvalue weighted by Gasteiger charge is -2.10. The molecule has 0 aliphatic rings. The van der Waals surface area contributed by atoms with Gasteiger partial charge in [-0.2, -0.15) is 0 Å². The largest absolute Gasteiger partial charge is 0.495 e. The molecule has 0 unspecified atom stereocenters. The Morgan fingerprint density at radius 1 is 1.14 bits per heavy atom. The molecule has 3 aromatic rings. The highest BCUT2D eigenvalue weighted by Gasteiger charge is 2.16. The molecular weight excluding hydrogens is 309 g/mol. The van der Waals surface area contributed by atoms with Crippen LogP contribution in [0.1, 0.15) is 10.4 Å². The van der Waals surface area contributed by atoms with Crippen LogP contribution in [0, 0.1) is 0 Å². The minimum atomic E-state index is 0.462. The molecule has 0 spiro atoms. The average Bonchev–Trinajstić information content (AvgIpc) is 2.93. The fourth-order valence-corrected chi connectivity index (χ4v) is 2.85. The van der Waals surface area contributed by atoms with Gasteiger partial charge in [0.2, 0.25) is 0 Å². The molecule has 1 heterocycles. The molecule has 1 N–H and O–H groups in total. The van der Waals surface area contributed by atoms with Gasteiger partial charge in [0, 0.05) is 22.7 Å². The van der Waals surface area contributed by atoms with E-state index in [0.717, 1.165) is 28.3 Å². The standard InChI is InChI=1S/C16H11Cl2NO2/c1-21-13-6-5-10(11-3-2-4-12(17)15(11)18)14-9(8-20)7-19-16(13)14/h2-8,19H,1H3. The van der Waals surface area contributed by atoms with Gasteiger partial charge in [-0.15, -0.1) is 0 Å². The number of carbonyl (C=O) groups excluding carboxylic acids is 1. The number of halogens is 2. The second kappa shape index (κ2) is 5.43. The predicted octanol–water partition coefficient (Wildman–Crippen LogP) is 4.96. The van der Waals surface area contributed by atoms with E-state index < -0.39 is 0 Å². The third kappa shape index (κ3) is 2.19. The number of aromatic amines is 1. The van der Waals surface area contributed by atoms with Gasteiger partial charge in [0.15, 0.2) is 6.29 Å². The summed E-state index contributed by atoms with van der Waals surface area (Å²) in [5, 5.41) is 1.71. The first-order valence-electron chi connectivity index (χ1n) is 6.25. The average molecular weight is 320 g/mol. The number of H-pyrrole nitrogens is 1. The smallest absolute Gasteiger partial charge is 0.152 e. The number of aromatic nitrogens is 1. The number of hydrogen-bond acceptors (Lipinski definition) is 2. The molecule has 106 valence electrons. The third-order valence-corrected chi connectivity index (χ3v) is 4.24. The second-order valence-electron chi connectivity index (χ2n) is 4.53. The van der Waals surface area contributed by atoms with Crippen LogP contribution in [0.15, 0.2) is 36.5 Å². The van der Waals surface area contributed by atoms with Crippen molar-refractivity contribution in [2.24, 2.45) is 0 Å². The number of rotatable bonds is 3. The van der Waals surface area contributed by atoms with Crippen LogP contribution < -0.4 is 4.74 Å². The first-order valence-corrected chi connectivity index (χ1v) is 7.00. The summed E-state index contributed by atoms with van der Waals surface area (Å²) in [5.74, 6) is 0.667. The van der Waals surface area contributed by atoms with Crippen LogP contribution in [-0.4, -0.2) is 18.4 Å². The lowest BCUT2D eigenvalue weighted by molar-refractivity contribution is 0.112. The van der Waals surface area contributed by atoms with Gasteiger partial charge in [-0.25, -0.2) is 0 Å². The monoisotopic (exact) mass is 319 g/mol. The summed E-state index contributed by atoms with van der Waals surface area (Å²) < 4.78 is 5.32. The van der Waals surface area contributed by atoms with E-state index in [2.05, 4.69) is 4.98 Å². The van der Waals surface area contributed by atoms with E-state index in [1.54, 1.807) is 19.4 Å². The number of hydrogen-bond donors (Lipinski definition) is 1. The van der Waals surface area contributed by atoms with Gasteiger partial charge in [-0.3, -0.25) is 4.79 Å². The van der Waals surface area contributed by atoms with Crippen LogP contribution in [0.2, 0.25) is 10.0 Å². The van der Waals surface area contributed by atoms with Crippen molar-refractivity contribution >= 4 is 40.4 Å². The van der Waals surface area contributed by atoms with Crippen molar-refractivity contribution in [3.63, 3.8) is 0 Å². The van der Waals surface area contributed by atoms with Gasteiger partial charge in [0.25, 0.3) is 0 Å². The highest BCUT2D eigenvalue weighted by Crippen LogP contribution is 2.40. The fourth-order valence-electron chi connectivity index (χ4n) is 2.45. The lowest BCUT2D eigenvalue weighted by atomic mass is 9.99. The highest BCUT2D eigenvalue weighted by molar-refractivity contribution is 6.44. The number of benzene rings is 2. The van der Waals surface area contributed by atoms with E-state index in [9.17, 15) is 4.79 Å². The zero-order valence-electron chi connectivity index (χ0n) is 11.1. The van der Waals surface area contributed by atoms with Crippen LogP contribution in [0.3, 0.4) is 0 Å². The van der Waals surface area contributed by atoms with Crippen LogP contribution in [-0.2, 0) is 0 Å². The van der Waals surface area contributed by atoms with Crippen molar-refractivity contribution in [3.05, 3.63) is 52.1 Å². The zero-order chi connectivity index (χ0) is 15.0. The van der Waals surface area contributed by atoms with Crippen molar-refractivity contribution in [3.8, 4) is 16.9 Å². The van der Waals surface area contributed by atoms with Gasteiger partial charge in [-0.1, -0.05) is 35.3 Å². The lowest BCUT2D eigenvalue weighted by Crippen LogP contribution is -1.89. The van der Waals surface area contributed by atoms with Crippen LogP contribution >= 0.6 is 23.2 Å². The Morgan fingerprint density at radius 3 is 2.67 bits per heavy atom. The summed E-state index contributed by atoms with van der Waals surface area (Å²) in [4.78, 5) is 14.4. The molecule has 0 radical (unpaired) electrons. The molecule has 0 saturated heterocycles. The quantitative estimate of drug-likeness (QED) is 0.693. The number of ether oxygens (including phenoxy) is 1. The third-order valence-electron chi connectivity index (χ3n) is 3.42. The Kier molecular flexibility index (Phi) is 3.62. The highest BCUT2D eigenvalue weighted by atomic mass is 35.5. The van der Waals surface area contributed by atoms with Gasteiger partial charge < -0.3 is 9.72 Å². The molecule has 1 aromatic heterocycles. The Hall–Kier alpha value is -1.97. The van der Waals surface area contributed by atoms with Gasteiger partial charge >= 0.3 is 0 Å². The normalized spacial score (nSPS) is 10.8. The van der Waals surface area contributed by atoms with E-state index >= 15 is 0 Å². The summed E-state index contributed by atoms with van der Waals surface area (Å²) in [6, 6.07) is 9.13. The molecule has 5 heteroatoms. The van der Waals surface area contributed by atoms with E-state index in [-0.39, 0.29) is 0 Å². The van der Waals surface area contributed by atoms with E-state index in [0.29, 0.717) is 21.4 Å². The Bertz CT molecular complexity index is 840. The maximum absolute atomic E-state index is 11.3. The molecule has 0 saturated carbocycles. The first kappa shape index (κ1) is 14.0. The first-order chi connectivity index (χ1) is 10.2. The number of aldehydes is 1. The number of fused-ring (bicyclic) bond motifs is 1. The number of methoxy groups -OCH3 is 1. The minimum absolute atomic E-state index is 0.462. The maximum Gasteiger partial charge on any atom is 0.152 e. The molecule has 2 aromatic carbocycles. The molecule has 0 amide bonds. The number of nitrogens with one attached hydrogen (secondary N) is 1. The van der Waals surface area contributed by atoms with E-state index in [1.165, 1.54) is 0 Å². The van der Waals surface area contributed by atoms with Crippen molar-refractivity contribution < 1.29 is 9.53 Å². The van der Waals surface area contributed by atoms with Gasteiger partial charge in [-0.05, 0) is 23.8 Å². The zero-order valence-corrected chi connectivity index (χ0v) is 12.6. The number of carbonyl (C=O) groups is 1. The molecule has 21 heavy (non-hydrogen) atoms. The summed E-state index contributed by atoms with van der Waals surface area (Å²) in [5.41, 5.74) is 2.92. The molecule has 0 bridgehead atoms. The molecule has 0 aliphatic carbocycles. The second-order valence-corrected chi connectivity index (χ2v) is 5.31. The molecule has 3 nitrogen and oxygen atoms in total. The molecule has 0 aliphatic heterocycles. The van der Waals surface area contributed by atoms with Crippen LogP contribution in [0.5, 0.6) is 5.75 Å². The van der Waals surface area contributed by atoms with Gasteiger partial charge in [0.05, 0.1) is 22.7 Å². The Balaban J connectivity index is 2.40. The topological polar surface area (TPSA) is 42.1 Å². The van der Waals surface area contributed by atoms with Crippen molar-refractivity contribution in [1.82, 2.24) is 4.98 Å². The maximum atomic E-state index is 11.3. The fraction of sp³-hybridized carbons (Fsp3) is 0.0625. The van der Waals surface area contributed by atoms with Crippen molar-refractivity contribution in [2.45, 2.75) is 0 Å². The summed E-state index contributed by atoms with van der Waals surface area (Å²) in [6.45, 7) is 0. The molecule has 0 fully saturated rings. The van der Waals surface area contributed by atoms with E-state index in [4.69, 9.17) is 27.9 Å². The predicted molar refractivity (Wildman–Crippen MR) is 85.7 cm³/mol. The summed E-state index contributed by atoms with van der Waals surface area (Å²) in [6.07, 6.45) is 2.46. The molecule has 3 rings (SSSR count).